The van der Waals surface area contributed by atoms with E-state index in [0.29, 0.717) is 24.9 Å². The molecule has 0 aliphatic heterocycles. The Morgan fingerprint density at radius 1 is 1.04 bits per heavy atom. The predicted molar refractivity (Wildman–Crippen MR) is 108 cm³/mol. The van der Waals surface area contributed by atoms with Crippen LogP contribution in [0.3, 0.4) is 0 Å². The normalized spacial score (nSPS) is 11.4. The Morgan fingerprint density at radius 2 is 1.96 bits per heavy atom. The van der Waals surface area contributed by atoms with E-state index in [1.165, 1.54) is 9.75 Å². The molecule has 1 aromatic carbocycles. The van der Waals surface area contributed by atoms with Crippen LogP contribution in [0.4, 0.5) is 0 Å². The van der Waals surface area contributed by atoms with Crippen molar-refractivity contribution < 1.29 is 8.83 Å². The third kappa shape index (κ3) is 4.74. The molecule has 0 saturated heterocycles. The number of thiophene rings is 1. The van der Waals surface area contributed by atoms with Gasteiger partial charge in [0.05, 0.1) is 19.4 Å². The van der Waals surface area contributed by atoms with Crippen molar-refractivity contribution in [2.45, 2.75) is 26.6 Å². The Morgan fingerprint density at radius 3 is 2.70 bits per heavy atom. The number of aromatic nitrogens is 2. The first kappa shape index (κ1) is 18.2. The van der Waals surface area contributed by atoms with E-state index >= 15 is 0 Å². The van der Waals surface area contributed by atoms with Crippen molar-refractivity contribution in [3.63, 3.8) is 0 Å². The minimum absolute atomic E-state index is 0.524. The monoisotopic (exact) mass is 443 g/mol. The van der Waals surface area contributed by atoms with Crippen LogP contribution in [0.2, 0.25) is 0 Å². The molecule has 0 spiro atoms. The van der Waals surface area contributed by atoms with Gasteiger partial charge in [-0.05, 0) is 49.4 Å². The summed E-state index contributed by atoms with van der Waals surface area (Å²) in [5.74, 6) is 2.02. The Hall–Kier alpha value is -2.22. The SMILES string of the molecule is Cc1ccc(CN(Cc2ccco2)Cc2nnc(-c3cccc(Br)c3)o2)s1. The van der Waals surface area contributed by atoms with E-state index in [9.17, 15) is 0 Å². The van der Waals surface area contributed by atoms with Gasteiger partial charge in [-0.3, -0.25) is 4.90 Å². The third-order valence-corrected chi connectivity index (χ3v) is 5.51. The van der Waals surface area contributed by atoms with Crippen LogP contribution >= 0.6 is 27.3 Å². The van der Waals surface area contributed by atoms with E-state index in [4.69, 9.17) is 8.83 Å². The van der Waals surface area contributed by atoms with Gasteiger partial charge in [-0.25, -0.2) is 0 Å². The highest BCUT2D eigenvalue weighted by Gasteiger charge is 2.16. The molecule has 0 atom stereocenters. The van der Waals surface area contributed by atoms with Crippen LogP contribution in [0.5, 0.6) is 0 Å². The molecule has 7 heteroatoms. The lowest BCUT2D eigenvalue weighted by Crippen LogP contribution is -2.21. The van der Waals surface area contributed by atoms with Gasteiger partial charge in [-0.15, -0.1) is 21.5 Å². The lowest BCUT2D eigenvalue weighted by atomic mass is 10.2. The first-order chi connectivity index (χ1) is 13.2. The summed E-state index contributed by atoms with van der Waals surface area (Å²) in [4.78, 5) is 4.84. The molecule has 0 unspecified atom stereocenters. The van der Waals surface area contributed by atoms with Crippen LogP contribution in [0.25, 0.3) is 11.5 Å². The van der Waals surface area contributed by atoms with Gasteiger partial charge in [0.15, 0.2) is 0 Å². The minimum Gasteiger partial charge on any atom is -0.468 e. The van der Waals surface area contributed by atoms with Gasteiger partial charge in [0.1, 0.15) is 5.76 Å². The highest BCUT2D eigenvalue weighted by atomic mass is 79.9. The van der Waals surface area contributed by atoms with Gasteiger partial charge in [0, 0.05) is 26.3 Å². The number of halogens is 1. The molecule has 4 rings (SSSR count). The molecule has 0 N–H and O–H groups in total. The molecule has 0 aliphatic carbocycles. The van der Waals surface area contributed by atoms with Gasteiger partial charge in [0.25, 0.3) is 0 Å². The molecular formula is C20H18BrN3O2S. The molecule has 0 amide bonds. The molecule has 0 bridgehead atoms. The highest BCUT2D eigenvalue weighted by molar-refractivity contribution is 9.10. The van der Waals surface area contributed by atoms with Crippen molar-refractivity contribution in [3.05, 3.63) is 80.7 Å². The summed E-state index contributed by atoms with van der Waals surface area (Å²) in [6.07, 6.45) is 1.70. The van der Waals surface area contributed by atoms with Crippen LogP contribution in [0.1, 0.15) is 21.4 Å². The summed E-state index contributed by atoms with van der Waals surface area (Å²) < 4.78 is 12.4. The van der Waals surface area contributed by atoms with Crippen LogP contribution < -0.4 is 0 Å². The number of benzene rings is 1. The van der Waals surface area contributed by atoms with Crippen molar-refractivity contribution in [3.8, 4) is 11.5 Å². The maximum absolute atomic E-state index is 5.91. The van der Waals surface area contributed by atoms with Gasteiger partial charge in [-0.2, -0.15) is 0 Å². The van der Waals surface area contributed by atoms with Gasteiger partial charge < -0.3 is 8.83 Å². The van der Waals surface area contributed by atoms with Crippen LogP contribution in [-0.2, 0) is 19.6 Å². The first-order valence-corrected chi connectivity index (χ1v) is 10.1. The second-order valence-electron chi connectivity index (χ2n) is 6.25. The van der Waals surface area contributed by atoms with Crippen molar-refractivity contribution >= 4 is 27.3 Å². The number of hydrogen-bond donors (Lipinski definition) is 0. The van der Waals surface area contributed by atoms with Crippen molar-refractivity contribution in [1.82, 2.24) is 15.1 Å². The fourth-order valence-corrected chi connectivity index (χ4v) is 4.16. The zero-order valence-electron chi connectivity index (χ0n) is 14.8. The number of rotatable bonds is 7. The molecule has 0 radical (unpaired) electrons. The summed E-state index contributed by atoms with van der Waals surface area (Å²) in [6, 6.07) is 16.0. The molecule has 138 valence electrons. The molecular weight excluding hydrogens is 426 g/mol. The topological polar surface area (TPSA) is 55.3 Å². The van der Waals surface area contributed by atoms with E-state index < -0.39 is 0 Å². The van der Waals surface area contributed by atoms with Crippen LogP contribution in [0.15, 0.2) is 68.1 Å². The summed E-state index contributed by atoms with van der Waals surface area (Å²) in [7, 11) is 0. The first-order valence-electron chi connectivity index (χ1n) is 8.54. The Bertz CT molecular complexity index is 1010. The Labute approximate surface area is 169 Å². The summed E-state index contributed by atoms with van der Waals surface area (Å²) >= 11 is 5.27. The number of nitrogens with zero attached hydrogens (tertiary/aromatic N) is 3. The molecule has 0 saturated carbocycles. The second kappa shape index (κ2) is 8.21. The van der Waals surface area contributed by atoms with Crippen molar-refractivity contribution in [1.29, 1.82) is 0 Å². The van der Waals surface area contributed by atoms with Gasteiger partial charge >= 0.3 is 0 Å². The number of aryl methyl sites for hydroxylation is 1. The fourth-order valence-electron chi connectivity index (χ4n) is 2.83. The lowest BCUT2D eigenvalue weighted by molar-refractivity contribution is 0.208. The minimum atomic E-state index is 0.524. The maximum Gasteiger partial charge on any atom is 0.247 e. The zero-order valence-corrected chi connectivity index (χ0v) is 17.2. The van der Waals surface area contributed by atoms with E-state index in [2.05, 4.69) is 50.1 Å². The van der Waals surface area contributed by atoms with E-state index in [0.717, 1.165) is 22.3 Å². The average Bonchev–Trinajstić information content (AvgIpc) is 3.38. The average molecular weight is 444 g/mol. The van der Waals surface area contributed by atoms with E-state index in [1.54, 1.807) is 17.6 Å². The third-order valence-electron chi connectivity index (χ3n) is 4.03. The number of hydrogen-bond acceptors (Lipinski definition) is 6. The standard InChI is InChI=1S/C20H18BrN3O2S/c1-14-7-8-18(27-14)12-24(11-17-6-3-9-25-17)13-19-22-23-20(26-19)15-4-2-5-16(21)10-15/h2-10H,11-13H2,1H3. The van der Waals surface area contributed by atoms with E-state index in [-0.39, 0.29) is 0 Å². The van der Waals surface area contributed by atoms with Crippen LogP contribution in [-0.4, -0.2) is 15.1 Å². The highest BCUT2D eigenvalue weighted by Crippen LogP contribution is 2.24. The lowest BCUT2D eigenvalue weighted by Gasteiger charge is -2.18. The molecule has 5 nitrogen and oxygen atoms in total. The number of furan rings is 1. The fraction of sp³-hybridized carbons (Fsp3) is 0.200. The quantitative estimate of drug-likeness (QED) is 0.368. The molecule has 27 heavy (non-hydrogen) atoms. The van der Waals surface area contributed by atoms with Crippen molar-refractivity contribution in [2.75, 3.05) is 0 Å². The summed E-state index contributed by atoms with van der Waals surface area (Å²) in [5.41, 5.74) is 0.898. The second-order valence-corrected chi connectivity index (χ2v) is 8.54. The smallest absolute Gasteiger partial charge is 0.247 e. The Kier molecular flexibility index (Phi) is 5.52. The van der Waals surface area contributed by atoms with Gasteiger partial charge in [-0.1, -0.05) is 22.0 Å². The molecule has 3 heterocycles. The summed E-state index contributed by atoms with van der Waals surface area (Å²) in [5, 5.41) is 8.44. The van der Waals surface area contributed by atoms with Crippen LogP contribution in [0, 0.1) is 6.92 Å². The maximum atomic E-state index is 5.91. The summed E-state index contributed by atoms with van der Waals surface area (Å²) in [6.45, 7) is 4.15. The molecule has 0 fully saturated rings. The molecule has 4 aromatic rings. The largest absolute Gasteiger partial charge is 0.468 e. The van der Waals surface area contributed by atoms with E-state index in [1.807, 2.05) is 36.4 Å². The zero-order chi connectivity index (χ0) is 18.6. The predicted octanol–water partition coefficient (Wildman–Crippen LogP) is 5.66. The van der Waals surface area contributed by atoms with Crippen molar-refractivity contribution in [2.24, 2.45) is 0 Å². The Balaban J connectivity index is 1.52. The molecule has 0 aliphatic rings. The van der Waals surface area contributed by atoms with Gasteiger partial charge in [0.2, 0.25) is 11.8 Å². The molecule has 3 aromatic heterocycles.